The fourth-order valence-electron chi connectivity index (χ4n) is 3.49. The summed E-state index contributed by atoms with van der Waals surface area (Å²) in [7, 11) is 0. The van der Waals surface area contributed by atoms with Crippen LogP contribution in [0.3, 0.4) is 0 Å². The summed E-state index contributed by atoms with van der Waals surface area (Å²) < 4.78 is 1.81. The summed E-state index contributed by atoms with van der Waals surface area (Å²) in [6, 6.07) is 17.4. The Hall–Kier alpha value is -2.63. The highest BCUT2D eigenvalue weighted by Gasteiger charge is 2.23. The number of hydrogen-bond acceptors (Lipinski definition) is 3. The van der Waals surface area contributed by atoms with E-state index in [1.807, 2.05) is 70.4 Å². The van der Waals surface area contributed by atoms with E-state index in [-0.39, 0.29) is 18.4 Å². The molecule has 1 fully saturated rings. The molecular weight excluding hydrogens is 374 g/mol. The second-order valence-corrected chi connectivity index (χ2v) is 7.52. The molecule has 6 heteroatoms. The fourth-order valence-corrected chi connectivity index (χ4v) is 3.62. The second kappa shape index (κ2) is 8.17. The van der Waals surface area contributed by atoms with Gasteiger partial charge in [-0.05, 0) is 37.1 Å². The van der Waals surface area contributed by atoms with Gasteiger partial charge in [-0.25, -0.2) is 4.68 Å². The smallest absolute Gasteiger partial charge is 0.227 e. The summed E-state index contributed by atoms with van der Waals surface area (Å²) in [5.74, 6) is 0.0646. The Bertz CT molecular complexity index is 946. The topological polar surface area (TPSA) is 58.4 Å². The van der Waals surface area contributed by atoms with Crippen LogP contribution < -0.4 is 0 Å². The molecule has 0 saturated carbocycles. The van der Waals surface area contributed by atoms with Gasteiger partial charge in [-0.15, -0.1) is 0 Å². The van der Waals surface area contributed by atoms with Crippen molar-refractivity contribution in [3.8, 4) is 16.9 Å². The highest BCUT2D eigenvalue weighted by Crippen LogP contribution is 2.26. The SMILES string of the molecule is O=C(Cc1cn(-c2ccccc2)nc1-c1ccc(Cl)cc1)N1CCC(O)CC1. The lowest BCUT2D eigenvalue weighted by atomic mass is 10.0. The molecule has 0 unspecified atom stereocenters. The van der Waals surface area contributed by atoms with Gasteiger partial charge in [0, 0.05) is 35.4 Å². The zero-order chi connectivity index (χ0) is 19.5. The quantitative estimate of drug-likeness (QED) is 0.732. The minimum Gasteiger partial charge on any atom is -0.393 e. The zero-order valence-electron chi connectivity index (χ0n) is 15.5. The third-order valence-corrected chi connectivity index (χ3v) is 5.34. The second-order valence-electron chi connectivity index (χ2n) is 7.08. The number of aliphatic hydroxyl groups is 1. The lowest BCUT2D eigenvalue weighted by Crippen LogP contribution is -2.40. The molecule has 1 aliphatic rings. The van der Waals surface area contributed by atoms with Crippen LogP contribution in [0.25, 0.3) is 16.9 Å². The summed E-state index contributed by atoms with van der Waals surface area (Å²) in [5.41, 5.74) is 3.53. The summed E-state index contributed by atoms with van der Waals surface area (Å²) in [4.78, 5) is 14.7. The number of nitrogens with zero attached hydrogens (tertiary/aromatic N) is 3. The zero-order valence-corrected chi connectivity index (χ0v) is 16.2. The van der Waals surface area contributed by atoms with Gasteiger partial charge in [0.05, 0.1) is 23.9 Å². The summed E-state index contributed by atoms with van der Waals surface area (Å²) >= 11 is 6.03. The van der Waals surface area contributed by atoms with E-state index in [0.717, 1.165) is 22.5 Å². The Labute approximate surface area is 169 Å². The van der Waals surface area contributed by atoms with Crippen molar-refractivity contribution in [3.63, 3.8) is 0 Å². The molecule has 1 aromatic heterocycles. The number of amides is 1. The van der Waals surface area contributed by atoms with Gasteiger partial charge in [-0.3, -0.25) is 4.79 Å². The Balaban J connectivity index is 1.65. The third-order valence-electron chi connectivity index (χ3n) is 5.09. The van der Waals surface area contributed by atoms with E-state index in [1.165, 1.54) is 0 Å². The monoisotopic (exact) mass is 395 g/mol. The van der Waals surface area contributed by atoms with E-state index in [0.29, 0.717) is 31.0 Å². The molecule has 5 nitrogen and oxygen atoms in total. The van der Waals surface area contributed by atoms with Gasteiger partial charge < -0.3 is 10.0 Å². The average molecular weight is 396 g/mol. The van der Waals surface area contributed by atoms with Crippen LogP contribution in [0.5, 0.6) is 0 Å². The number of aromatic nitrogens is 2. The standard InChI is InChI=1S/C22H22ClN3O2/c23-18-8-6-16(7-9-18)22-17(14-21(28)25-12-10-20(27)11-13-25)15-26(24-22)19-4-2-1-3-5-19/h1-9,15,20,27H,10-14H2. The number of aliphatic hydroxyl groups excluding tert-OH is 1. The molecular formula is C22H22ClN3O2. The summed E-state index contributed by atoms with van der Waals surface area (Å²) in [6.45, 7) is 1.20. The predicted octanol–water partition coefficient (Wildman–Crippen LogP) is 3.72. The van der Waals surface area contributed by atoms with Crippen LogP contribution in [0, 0.1) is 0 Å². The van der Waals surface area contributed by atoms with Crippen LogP contribution in [0.1, 0.15) is 18.4 Å². The first-order valence-electron chi connectivity index (χ1n) is 9.46. The molecule has 2 heterocycles. The maximum absolute atomic E-state index is 12.8. The number of halogens is 1. The first kappa shape index (κ1) is 18.7. The van der Waals surface area contributed by atoms with Gasteiger partial charge in [0.15, 0.2) is 0 Å². The van der Waals surface area contributed by atoms with Crippen molar-refractivity contribution in [1.82, 2.24) is 14.7 Å². The molecule has 1 N–H and O–H groups in total. The van der Waals surface area contributed by atoms with Crippen molar-refractivity contribution >= 4 is 17.5 Å². The van der Waals surface area contributed by atoms with Gasteiger partial charge in [-0.1, -0.05) is 41.9 Å². The van der Waals surface area contributed by atoms with Crippen molar-refractivity contribution in [3.05, 3.63) is 71.4 Å². The van der Waals surface area contributed by atoms with Gasteiger partial charge in [0.25, 0.3) is 0 Å². The van der Waals surface area contributed by atoms with E-state index in [4.69, 9.17) is 16.7 Å². The normalized spacial score (nSPS) is 15.0. The number of piperidine rings is 1. The molecule has 2 aromatic carbocycles. The Morgan fingerprint density at radius 2 is 1.75 bits per heavy atom. The molecule has 0 spiro atoms. The Morgan fingerprint density at radius 3 is 2.43 bits per heavy atom. The Kier molecular flexibility index (Phi) is 5.46. The molecule has 0 aliphatic carbocycles. The van der Waals surface area contributed by atoms with Crippen molar-refractivity contribution in [1.29, 1.82) is 0 Å². The van der Waals surface area contributed by atoms with Gasteiger partial charge >= 0.3 is 0 Å². The number of hydrogen-bond donors (Lipinski definition) is 1. The lowest BCUT2D eigenvalue weighted by molar-refractivity contribution is -0.132. The highest BCUT2D eigenvalue weighted by atomic mass is 35.5. The molecule has 1 saturated heterocycles. The van der Waals surface area contributed by atoms with Crippen LogP contribution in [0.4, 0.5) is 0 Å². The van der Waals surface area contributed by atoms with E-state index in [9.17, 15) is 9.90 Å². The number of carbonyl (C=O) groups is 1. The molecule has 1 aliphatic heterocycles. The summed E-state index contributed by atoms with van der Waals surface area (Å²) in [6.07, 6.45) is 3.18. The predicted molar refractivity (Wildman–Crippen MR) is 110 cm³/mol. The van der Waals surface area contributed by atoms with Gasteiger partial charge in [-0.2, -0.15) is 5.10 Å². The molecule has 4 rings (SSSR count). The average Bonchev–Trinajstić information content (AvgIpc) is 3.13. The number of para-hydroxylation sites is 1. The van der Waals surface area contributed by atoms with Gasteiger partial charge in [0.2, 0.25) is 5.91 Å². The number of rotatable bonds is 4. The number of likely N-dealkylation sites (tertiary alicyclic amines) is 1. The van der Waals surface area contributed by atoms with Crippen LogP contribution in [-0.4, -0.2) is 44.9 Å². The van der Waals surface area contributed by atoms with E-state index in [1.54, 1.807) is 0 Å². The minimum absolute atomic E-state index is 0.0646. The van der Waals surface area contributed by atoms with Crippen molar-refractivity contribution in [2.24, 2.45) is 0 Å². The molecule has 28 heavy (non-hydrogen) atoms. The number of benzene rings is 2. The van der Waals surface area contributed by atoms with Gasteiger partial charge in [0.1, 0.15) is 0 Å². The molecule has 144 valence electrons. The molecule has 1 amide bonds. The maximum Gasteiger partial charge on any atom is 0.227 e. The van der Waals surface area contributed by atoms with Crippen molar-refractivity contribution < 1.29 is 9.90 Å². The summed E-state index contributed by atoms with van der Waals surface area (Å²) in [5, 5.41) is 15.1. The largest absolute Gasteiger partial charge is 0.393 e. The first-order valence-corrected chi connectivity index (χ1v) is 9.84. The van der Waals surface area contributed by atoms with Crippen LogP contribution in [-0.2, 0) is 11.2 Å². The fraction of sp³-hybridized carbons (Fsp3) is 0.273. The van der Waals surface area contributed by atoms with E-state index < -0.39 is 0 Å². The van der Waals surface area contributed by atoms with Crippen LogP contribution in [0.15, 0.2) is 60.8 Å². The van der Waals surface area contributed by atoms with E-state index >= 15 is 0 Å². The molecule has 0 atom stereocenters. The van der Waals surface area contributed by atoms with Crippen LogP contribution >= 0.6 is 11.6 Å². The molecule has 3 aromatic rings. The van der Waals surface area contributed by atoms with Crippen molar-refractivity contribution in [2.75, 3.05) is 13.1 Å². The number of carbonyl (C=O) groups excluding carboxylic acids is 1. The van der Waals surface area contributed by atoms with Crippen LogP contribution in [0.2, 0.25) is 5.02 Å². The maximum atomic E-state index is 12.8. The van der Waals surface area contributed by atoms with E-state index in [2.05, 4.69) is 0 Å². The molecule has 0 radical (unpaired) electrons. The highest BCUT2D eigenvalue weighted by molar-refractivity contribution is 6.30. The first-order chi connectivity index (χ1) is 13.6. The lowest BCUT2D eigenvalue weighted by Gasteiger charge is -2.29. The third kappa shape index (κ3) is 4.11. The van der Waals surface area contributed by atoms with Crippen molar-refractivity contribution in [2.45, 2.75) is 25.4 Å². The Morgan fingerprint density at radius 1 is 1.07 bits per heavy atom. The molecule has 0 bridgehead atoms. The minimum atomic E-state index is -0.297.